The molecule has 6 nitrogen and oxygen atoms in total. The molecule has 3 aromatic heterocycles. The number of anilines is 1. The lowest BCUT2D eigenvalue weighted by Crippen LogP contribution is -2.26. The largest absolute Gasteiger partial charge is 0.366 e. The minimum Gasteiger partial charge on any atom is -0.366 e. The first-order valence-corrected chi connectivity index (χ1v) is 9.12. The van der Waals surface area contributed by atoms with Crippen molar-refractivity contribution < 1.29 is 4.52 Å². The molecular weight excluding hydrogens is 322 g/mol. The molecule has 124 valence electrons. The molecule has 24 heavy (non-hydrogen) atoms. The van der Waals surface area contributed by atoms with Gasteiger partial charge >= 0.3 is 0 Å². The standard InChI is InChI=1S/C17H19N5OS/c1-2-14(24-9-1)10-15-21-17(23-22-15)12-3-5-13(6-4-12)20-16-11-18-7-8-19-16/h1-2,7-9,11-13H,3-6,10H2,(H,19,20). The number of nitrogens with zero attached hydrogens (tertiary/aromatic N) is 4. The van der Waals surface area contributed by atoms with E-state index in [0.717, 1.165) is 49.6 Å². The zero-order chi connectivity index (χ0) is 16.2. The fraction of sp³-hybridized carbons (Fsp3) is 0.412. The van der Waals surface area contributed by atoms with E-state index in [-0.39, 0.29) is 0 Å². The van der Waals surface area contributed by atoms with Crippen molar-refractivity contribution in [2.75, 3.05) is 5.32 Å². The van der Waals surface area contributed by atoms with Gasteiger partial charge < -0.3 is 9.84 Å². The highest BCUT2D eigenvalue weighted by molar-refractivity contribution is 7.09. The van der Waals surface area contributed by atoms with Crippen LogP contribution in [0.3, 0.4) is 0 Å². The predicted octanol–water partition coefficient (Wildman–Crippen LogP) is 3.65. The van der Waals surface area contributed by atoms with Crippen molar-refractivity contribution in [1.82, 2.24) is 20.1 Å². The second-order valence-corrected chi connectivity index (χ2v) is 7.12. The molecule has 1 aliphatic rings. The maximum absolute atomic E-state index is 5.51. The smallest absolute Gasteiger partial charge is 0.229 e. The van der Waals surface area contributed by atoms with E-state index < -0.39 is 0 Å². The SMILES string of the molecule is c1csc(Cc2noc(C3CCC(Nc4cnccn4)CC3)n2)c1. The van der Waals surface area contributed by atoms with Crippen LogP contribution in [-0.2, 0) is 6.42 Å². The van der Waals surface area contributed by atoms with Crippen LogP contribution in [0.15, 0.2) is 40.6 Å². The third-order valence-corrected chi connectivity index (χ3v) is 5.26. The molecule has 0 atom stereocenters. The minimum atomic E-state index is 0.370. The van der Waals surface area contributed by atoms with E-state index in [1.54, 1.807) is 29.9 Å². The van der Waals surface area contributed by atoms with Crippen LogP contribution in [0.2, 0.25) is 0 Å². The number of nitrogens with one attached hydrogen (secondary N) is 1. The van der Waals surface area contributed by atoms with E-state index in [1.807, 2.05) is 6.07 Å². The summed E-state index contributed by atoms with van der Waals surface area (Å²) in [5.41, 5.74) is 0. The molecule has 1 N–H and O–H groups in total. The first-order chi connectivity index (χ1) is 11.9. The quantitative estimate of drug-likeness (QED) is 0.763. The Morgan fingerprint density at radius 3 is 2.88 bits per heavy atom. The van der Waals surface area contributed by atoms with Crippen LogP contribution in [0, 0.1) is 0 Å². The molecule has 1 fully saturated rings. The summed E-state index contributed by atoms with van der Waals surface area (Å²) in [5, 5.41) is 9.66. The molecule has 0 bridgehead atoms. The van der Waals surface area contributed by atoms with Gasteiger partial charge in [-0.05, 0) is 37.1 Å². The van der Waals surface area contributed by atoms with Gasteiger partial charge in [0, 0.05) is 35.7 Å². The first-order valence-electron chi connectivity index (χ1n) is 8.24. The van der Waals surface area contributed by atoms with E-state index in [9.17, 15) is 0 Å². The van der Waals surface area contributed by atoms with Crippen molar-refractivity contribution in [1.29, 1.82) is 0 Å². The second-order valence-electron chi connectivity index (χ2n) is 6.09. The Balaban J connectivity index is 1.32. The summed E-state index contributed by atoms with van der Waals surface area (Å²) >= 11 is 1.72. The Hall–Kier alpha value is -2.28. The van der Waals surface area contributed by atoms with Crippen LogP contribution in [0.5, 0.6) is 0 Å². The van der Waals surface area contributed by atoms with Crippen LogP contribution in [0.1, 0.15) is 48.2 Å². The highest BCUT2D eigenvalue weighted by Crippen LogP contribution is 2.33. The zero-order valence-corrected chi connectivity index (χ0v) is 14.1. The Morgan fingerprint density at radius 1 is 1.21 bits per heavy atom. The summed E-state index contributed by atoms with van der Waals surface area (Å²) in [4.78, 5) is 14.2. The van der Waals surface area contributed by atoms with Crippen LogP contribution in [0.4, 0.5) is 5.82 Å². The van der Waals surface area contributed by atoms with Crippen molar-refractivity contribution in [3.8, 4) is 0 Å². The molecule has 0 unspecified atom stereocenters. The lowest BCUT2D eigenvalue weighted by molar-refractivity contribution is 0.304. The number of hydrogen-bond donors (Lipinski definition) is 1. The van der Waals surface area contributed by atoms with Crippen LogP contribution in [0.25, 0.3) is 0 Å². The number of thiophene rings is 1. The molecule has 0 spiro atoms. The highest BCUT2D eigenvalue weighted by Gasteiger charge is 2.26. The number of rotatable bonds is 5. The average Bonchev–Trinajstić information content (AvgIpc) is 3.29. The predicted molar refractivity (Wildman–Crippen MR) is 92.1 cm³/mol. The maximum Gasteiger partial charge on any atom is 0.229 e. The monoisotopic (exact) mass is 341 g/mol. The summed E-state index contributed by atoms with van der Waals surface area (Å²) < 4.78 is 5.51. The van der Waals surface area contributed by atoms with Crippen LogP contribution in [-0.4, -0.2) is 26.2 Å². The molecule has 4 rings (SSSR count). The van der Waals surface area contributed by atoms with Gasteiger partial charge in [0.1, 0.15) is 5.82 Å². The summed E-state index contributed by atoms with van der Waals surface area (Å²) in [6.45, 7) is 0. The summed E-state index contributed by atoms with van der Waals surface area (Å²) in [7, 11) is 0. The Morgan fingerprint density at radius 2 is 2.12 bits per heavy atom. The molecule has 3 aromatic rings. The van der Waals surface area contributed by atoms with E-state index in [2.05, 4.69) is 36.9 Å². The van der Waals surface area contributed by atoms with Crippen LogP contribution < -0.4 is 5.32 Å². The van der Waals surface area contributed by atoms with E-state index in [1.165, 1.54) is 4.88 Å². The molecule has 0 aliphatic heterocycles. The van der Waals surface area contributed by atoms with E-state index >= 15 is 0 Å². The lowest BCUT2D eigenvalue weighted by Gasteiger charge is -2.27. The third-order valence-electron chi connectivity index (χ3n) is 4.39. The van der Waals surface area contributed by atoms with Crippen molar-refractivity contribution in [2.45, 2.75) is 44.1 Å². The van der Waals surface area contributed by atoms with Gasteiger partial charge in [0.15, 0.2) is 5.82 Å². The van der Waals surface area contributed by atoms with Crippen molar-refractivity contribution in [3.63, 3.8) is 0 Å². The molecule has 1 saturated carbocycles. The van der Waals surface area contributed by atoms with Gasteiger partial charge in [0.2, 0.25) is 5.89 Å². The maximum atomic E-state index is 5.51. The van der Waals surface area contributed by atoms with Gasteiger partial charge in [-0.1, -0.05) is 11.2 Å². The molecule has 0 radical (unpaired) electrons. The number of aromatic nitrogens is 4. The fourth-order valence-corrected chi connectivity index (χ4v) is 3.84. The summed E-state index contributed by atoms with van der Waals surface area (Å²) in [6, 6.07) is 4.59. The van der Waals surface area contributed by atoms with Crippen LogP contribution >= 0.6 is 11.3 Å². The second kappa shape index (κ2) is 7.09. The lowest BCUT2D eigenvalue weighted by atomic mass is 9.86. The van der Waals surface area contributed by atoms with Crippen molar-refractivity contribution in [2.24, 2.45) is 0 Å². The molecular formula is C17H19N5OS. The van der Waals surface area contributed by atoms with Gasteiger partial charge in [0.05, 0.1) is 6.20 Å². The van der Waals surface area contributed by atoms with Gasteiger partial charge in [-0.2, -0.15) is 4.98 Å². The third kappa shape index (κ3) is 3.62. The summed E-state index contributed by atoms with van der Waals surface area (Å²) in [5.74, 6) is 2.79. The molecule has 0 saturated heterocycles. The normalized spacial score (nSPS) is 20.8. The van der Waals surface area contributed by atoms with Crippen molar-refractivity contribution in [3.05, 3.63) is 52.7 Å². The number of hydrogen-bond acceptors (Lipinski definition) is 7. The molecule has 0 aromatic carbocycles. The summed E-state index contributed by atoms with van der Waals surface area (Å²) in [6.07, 6.45) is 10.2. The first kappa shape index (κ1) is 15.3. The molecule has 1 aliphatic carbocycles. The Labute approximate surface area is 144 Å². The molecule has 7 heteroatoms. The van der Waals surface area contributed by atoms with E-state index in [0.29, 0.717) is 12.0 Å². The van der Waals surface area contributed by atoms with Gasteiger partial charge in [0.25, 0.3) is 0 Å². The van der Waals surface area contributed by atoms with Crippen molar-refractivity contribution >= 4 is 17.2 Å². The van der Waals surface area contributed by atoms with Gasteiger partial charge in [-0.3, -0.25) is 4.98 Å². The topological polar surface area (TPSA) is 76.7 Å². The van der Waals surface area contributed by atoms with Gasteiger partial charge in [-0.15, -0.1) is 11.3 Å². The zero-order valence-electron chi connectivity index (χ0n) is 13.3. The molecule has 3 heterocycles. The molecule has 0 amide bonds. The Kier molecular flexibility index (Phi) is 4.51. The van der Waals surface area contributed by atoms with Gasteiger partial charge in [-0.25, -0.2) is 4.98 Å². The minimum absolute atomic E-state index is 0.370. The Bertz CT molecular complexity index is 750. The van der Waals surface area contributed by atoms with E-state index in [4.69, 9.17) is 4.52 Å². The average molecular weight is 341 g/mol. The highest BCUT2D eigenvalue weighted by atomic mass is 32.1. The fourth-order valence-electron chi connectivity index (χ4n) is 3.14.